The van der Waals surface area contributed by atoms with E-state index >= 15 is 0 Å². The van der Waals surface area contributed by atoms with Gasteiger partial charge < -0.3 is 20.4 Å². The zero-order chi connectivity index (χ0) is 21.9. The van der Waals surface area contributed by atoms with E-state index in [2.05, 4.69) is 58.2 Å². The van der Waals surface area contributed by atoms with E-state index in [0.717, 1.165) is 75.7 Å². The molecule has 2 saturated heterocycles. The van der Waals surface area contributed by atoms with Gasteiger partial charge in [-0.3, -0.25) is 4.90 Å². The van der Waals surface area contributed by atoms with Crippen LogP contribution >= 0.6 is 0 Å². The average molecular weight is 430 g/mol. The number of pyridine rings is 1. The van der Waals surface area contributed by atoms with Gasteiger partial charge in [-0.15, -0.1) is 0 Å². The molecule has 7 heteroatoms. The van der Waals surface area contributed by atoms with Crippen LogP contribution in [0.4, 0.5) is 5.82 Å². The van der Waals surface area contributed by atoms with Crippen LogP contribution in [0.1, 0.15) is 52.0 Å². The van der Waals surface area contributed by atoms with E-state index in [1.54, 1.807) is 0 Å². The van der Waals surface area contributed by atoms with Gasteiger partial charge in [0.05, 0.1) is 6.54 Å². The van der Waals surface area contributed by atoms with Crippen LogP contribution < -0.4 is 15.5 Å². The van der Waals surface area contributed by atoms with E-state index < -0.39 is 0 Å². The molecule has 174 valence electrons. The molecule has 3 rings (SSSR count). The van der Waals surface area contributed by atoms with Crippen LogP contribution in [0.2, 0.25) is 0 Å². The molecule has 0 bridgehead atoms. The Morgan fingerprint density at radius 3 is 2.58 bits per heavy atom. The molecule has 0 saturated carbocycles. The first kappa shape index (κ1) is 23.8. The van der Waals surface area contributed by atoms with E-state index in [1.807, 2.05) is 6.20 Å². The summed E-state index contributed by atoms with van der Waals surface area (Å²) in [5.74, 6) is 1.98. The number of hydrogen-bond donors (Lipinski definition) is 2. The number of piperidine rings is 1. The molecule has 0 aliphatic carbocycles. The summed E-state index contributed by atoms with van der Waals surface area (Å²) in [6.07, 6.45) is 7.30. The summed E-state index contributed by atoms with van der Waals surface area (Å²) in [7, 11) is 0. The maximum absolute atomic E-state index is 4.78. The van der Waals surface area contributed by atoms with Gasteiger partial charge in [-0.05, 0) is 50.9 Å². The Hall–Kier alpha value is -1.86. The van der Waals surface area contributed by atoms with Gasteiger partial charge in [-0.2, -0.15) is 0 Å². The van der Waals surface area contributed by atoms with Crippen LogP contribution in [0.15, 0.2) is 23.3 Å². The number of nitrogens with zero attached hydrogens (tertiary/aromatic N) is 5. The predicted molar refractivity (Wildman–Crippen MR) is 131 cm³/mol. The van der Waals surface area contributed by atoms with Crippen molar-refractivity contribution in [2.45, 2.75) is 59.0 Å². The third-order valence-electron chi connectivity index (χ3n) is 6.63. The standard InChI is InChI=1S/C24H43N7/c1-4-22-9-7-8-13-30(22)14-12-26-24(25-5-2)28-20-21-10-11-23(27-19-21)31-17-15-29(6-3)16-18-31/h10-11,19,22H,4-9,12-18,20H2,1-3H3,(H2,25,26,28). The van der Waals surface area contributed by atoms with E-state index in [-0.39, 0.29) is 0 Å². The molecule has 1 unspecified atom stereocenters. The number of guanidine groups is 1. The smallest absolute Gasteiger partial charge is 0.191 e. The number of likely N-dealkylation sites (tertiary alicyclic amines) is 1. The van der Waals surface area contributed by atoms with Crippen LogP contribution in [0.5, 0.6) is 0 Å². The van der Waals surface area contributed by atoms with Crippen molar-refractivity contribution in [2.24, 2.45) is 4.99 Å². The summed E-state index contributed by atoms with van der Waals surface area (Å²) in [6, 6.07) is 5.07. The van der Waals surface area contributed by atoms with Crippen molar-refractivity contribution in [3.63, 3.8) is 0 Å². The summed E-state index contributed by atoms with van der Waals surface area (Å²) in [6.45, 7) is 16.9. The lowest BCUT2D eigenvalue weighted by Crippen LogP contribution is -2.46. The van der Waals surface area contributed by atoms with E-state index in [4.69, 9.17) is 9.98 Å². The van der Waals surface area contributed by atoms with Gasteiger partial charge >= 0.3 is 0 Å². The van der Waals surface area contributed by atoms with Crippen molar-refractivity contribution >= 4 is 11.8 Å². The summed E-state index contributed by atoms with van der Waals surface area (Å²) >= 11 is 0. The quantitative estimate of drug-likeness (QED) is 0.465. The van der Waals surface area contributed by atoms with Crippen molar-refractivity contribution in [3.8, 4) is 0 Å². The molecule has 0 aromatic carbocycles. The lowest BCUT2D eigenvalue weighted by molar-refractivity contribution is 0.147. The topological polar surface area (TPSA) is 59.0 Å². The zero-order valence-corrected chi connectivity index (χ0v) is 19.9. The molecule has 7 nitrogen and oxygen atoms in total. The van der Waals surface area contributed by atoms with Gasteiger partial charge in [0.2, 0.25) is 0 Å². The average Bonchev–Trinajstić information content (AvgIpc) is 2.83. The Kier molecular flexibility index (Phi) is 9.87. The highest BCUT2D eigenvalue weighted by molar-refractivity contribution is 5.79. The molecule has 0 spiro atoms. The summed E-state index contributed by atoms with van der Waals surface area (Å²) < 4.78 is 0. The number of aromatic nitrogens is 1. The Morgan fingerprint density at radius 1 is 1.06 bits per heavy atom. The van der Waals surface area contributed by atoms with Gasteiger partial charge in [0.25, 0.3) is 0 Å². The fraction of sp³-hybridized carbons (Fsp3) is 0.750. The summed E-state index contributed by atoms with van der Waals surface area (Å²) in [4.78, 5) is 17.0. The molecular formula is C24H43N7. The minimum Gasteiger partial charge on any atom is -0.357 e. The summed E-state index contributed by atoms with van der Waals surface area (Å²) in [5.41, 5.74) is 1.15. The number of piperazine rings is 1. The number of hydrogen-bond acceptors (Lipinski definition) is 5. The lowest BCUT2D eigenvalue weighted by Gasteiger charge is -2.35. The maximum atomic E-state index is 4.78. The van der Waals surface area contributed by atoms with E-state index in [1.165, 1.54) is 32.2 Å². The second-order valence-corrected chi connectivity index (χ2v) is 8.66. The number of aliphatic imine (C=N–C) groups is 1. The number of likely N-dealkylation sites (N-methyl/N-ethyl adjacent to an activating group) is 1. The zero-order valence-electron chi connectivity index (χ0n) is 19.9. The SMILES string of the molecule is CCNC(=NCc1ccc(N2CCN(CC)CC2)nc1)NCCN1CCCCC1CC. The lowest BCUT2D eigenvalue weighted by atomic mass is 10.0. The predicted octanol–water partition coefficient (Wildman–Crippen LogP) is 2.54. The highest BCUT2D eigenvalue weighted by Gasteiger charge is 2.20. The molecule has 0 radical (unpaired) electrons. The van der Waals surface area contributed by atoms with Crippen molar-refractivity contribution in [1.29, 1.82) is 0 Å². The van der Waals surface area contributed by atoms with Gasteiger partial charge in [-0.25, -0.2) is 9.98 Å². The van der Waals surface area contributed by atoms with Crippen LogP contribution in [0.25, 0.3) is 0 Å². The Morgan fingerprint density at radius 2 is 1.90 bits per heavy atom. The third-order valence-corrected chi connectivity index (χ3v) is 6.63. The van der Waals surface area contributed by atoms with Crippen LogP contribution in [-0.4, -0.2) is 85.7 Å². The van der Waals surface area contributed by atoms with Gasteiger partial charge in [-0.1, -0.05) is 26.3 Å². The van der Waals surface area contributed by atoms with Gasteiger partial charge in [0.1, 0.15) is 5.82 Å². The largest absolute Gasteiger partial charge is 0.357 e. The first-order chi connectivity index (χ1) is 15.2. The van der Waals surface area contributed by atoms with Gasteiger partial charge in [0.15, 0.2) is 5.96 Å². The van der Waals surface area contributed by atoms with E-state index in [9.17, 15) is 0 Å². The maximum Gasteiger partial charge on any atom is 0.191 e. The molecular weight excluding hydrogens is 386 g/mol. The second kappa shape index (κ2) is 12.9. The Bertz CT molecular complexity index is 652. The highest BCUT2D eigenvalue weighted by atomic mass is 15.3. The van der Waals surface area contributed by atoms with Crippen molar-refractivity contribution in [3.05, 3.63) is 23.9 Å². The fourth-order valence-electron chi connectivity index (χ4n) is 4.64. The molecule has 1 atom stereocenters. The monoisotopic (exact) mass is 429 g/mol. The first-order valence-corrected chi connectivity index (χ1v) is 12.4. The van der Waals surface area contributed by atoms with Gasteiger partial charge in [0, 0.05) is 58.1 Å². The molecule has 1 aromatic heterocycles. The Labute approximate surface area is 189 Å². The molecule has 0 amide bonds. The molecule has 2 aliphatic heterocycles. The summed E-state index contributed by atoms with van der Waals surface area (Å²) in [5, 5.41) is 6.90. The molecule has 3 heterocycles. The first-order valence-electron chi connectivity index (χ1n) is 12.4. The second-order valence-electron chi connectivity index (χ2n) is 8.66. The minimum atomic E-state index is 0.646. The van der Waals surface area contributed by atoms with Crippen molar-refractivity contribution in [2.75, 3.05) is 63.8 Å². The molecule has 2 fully saturated rings. The molecule has 2 aliphatic rings. The minimum absolute atomic E-state index is 0.646. The fourth-order valence-corrected chi connectivity index (χ4v) is 4.64. The Balaban J connectivity index is 1.47. The number of rotatable bonds is 9. The molecule has 1 aromatic rings. The molecule has 31 heavy (non-hydrogen) atoms. The number of anilines is 1. The van der Waals surface area contributed by atoms with E-state index in [0.29, 0.717) is 6.54 Å². The third kappa shape index (κ3) is 7.35. The van der Waals surface area contributed by atoms with Crippen molar-refractivity contribution < 1.29 is 0 Å². The number of nitrogens with one attached hydrogen (secondary N) is 2. The highest BCUT2D eigenvalue weighted by Crippen LogP contribution is 2.18. The van der Waals surface area contributed by atoms with Crippen LogP contribution in [-0.2, 0) is 6.54 Å². The van der Waals surface area contributed by atoms with Crippen LogP contribution in [0, 0.1) is 0 Å². The van der Waals surface area contributed by atoms with Crippen molar-refractivity contribution in [1.82, 2.24) is 25.4 Å². The molecule has 2 N–H and O–H groups in total. The van der Waals surface area contributed by atoms with Crippen LogP contribution in [0.3, 0.4) is 0 Å². The normalized spacial score (nSPS) is 21.3.